The molecule has 5 aromatic carbocycles. The average molecular weight is 1080 g/mol. The van der Waals surface area contributed by atoms with Gasteiger partial charge in [0.1, 0.15) is 30.1 Å². The number of likely N-dealkylation sites (N-methyl/N-ethyl adjacent to an activating group) is 1. The van der Waals surface area contributed by atoms with Crippen LogP contribution in [0.5, 0.6) is 0 Å². The molecule has 0 bridgehead atoms. The Morgan fingerprint density at radius 1 is 0.756 bits per heavy atom. The predicted octanol–water partition coefficient (Wildman–Crippen LogP) is 7.11. The maximum absolute atomic E-state index is 14.3. The number of nitrogens with one attached hydrogen (secondary N) is 4. The van der Waals surface area contributed by atoms with Crippen molar-refractivity contribution in [2.24, 2.45) is 0 Å². The summed E-state index contributed by atoms with van der Waals surface area (Å²) in [6, 6.07) is 38.4. The van der Waals surface area contributed by atoms with Crippen LogP contribution >= 0.6 is 11.8 Å². The topological polar surface area (TPSA) is 245 Å². The number of methoxy groups -OCH3 is 1. The summed E-state index contributed by atoms with van der Waals surface area (Å²) in [7, 11) is 1.18. The number of esters is 2. The highest BCUT2D eigenvalue weighted by atomic mass is 32.2. The number of urea groups is 1. The molecule has 21 heteroatoms. The van der Waals surface area contributed by atoms with E-state index in [1.165, 1.54) is 35.9 Å². The Hall–Kier alpha value is -8.82. The van der Waals surface area contributed by atoms with Gasteiger partial charge in [-0.3, -0.25) is 34.7 Å². The van der Waals surface area contributed by atoms with Crippen molar-refractivity contribution >= 4 is 82.6 Å². The van der Waals surface area contributed by atoms with Gasteiger partial charge in [0.2, 0.25) is 11.8 Å². The fraction of sp³-hybridized carbons (Fsp3) is 0.281. The van der Waals surface area contributed by atoms with Crippen molar-refractivity contribution < 1.29 is 62.1 Å². The van der Waals surface area contributed by atoms with Crippen LogP contribution in [-0.2, 0) is 53.1 Å². The summed E-state index contributed by atoms with van der Waals surface area (Å²) in [4.78, 5) is 125. The van der Waals surface area contributed by atoms with Crippen molar-refractivity contribution in [3.8, 4) is 0 Å². The van der Waals surface area contributed by atoms with Gasteiger partial charge in [-0.25, -0.2) is 33.4 Å². The molecule has 0 radical (unpaired) electrons. The van der Waals surface area contributed by atoms with E-state index in [4.69, 9.17) is 18.9 Å². The first-order chi connectivity index (χ1) is 37.4. The first-order valence-electron chi connectivity index (χ1n) is 25.0. The van der Waals surface area contributed by atoms with Gasteiger partial charge in [0.15, 0.2) is 17.2 Å². The van der Waals surface area contributed by atoms with Crippen LogP contribution in [0.3, 0.4) is 0 Å². The quantitative estimate of drug-likeness (QED) is 0.0253. The van der Waals surface area contributed by atoms with Gasteiger partial charge >= 0.3 is 42.0 Å². The van der Waals surface area contributed by atoms with Gasteiger partial charge in [-0.2, -0.15) is 0 Å². The molecule has 0 spiro atoms. The van der Waals surface area contributed by atoms with Crippen molar-refractivity contribution in [3.05, 3.63) is 174 Å². The Kier molecular flexibility index (Phi) is 16.8. The Labute approximate surface area is 454 Å². The normalized spacial score (nSPS) is 18.7. The Balaban J connectivity index is 0.929. The molecule has 5 aromatic rings. The summed E-state index contributed by atoms with van der Waals surface area (Å²) in [5.74, 6) is -4.75. The molecule has 0 aromatic heterocycles. The fourth-order valence-corrected chi connectivity index (χ4v) is 10.8. The highest BCUT2D eigenvalue weighted by Gasteiger charge is 2.52. The maximum Gasteiger partial charge on any atom is 0.412 e. The van der Waals surface area contributed by atoms with Gasteiger partial charge in [0.25, 0.3) is 0 Å². The van der Waals surface area contributed by atoms with Gasteiger partial charge < -0.3 is 29.6 Å². The Bertz CT molecular complexity index is 3120. The van der Waals surface area contributed by atoms with E-state index in [0.717, 1.165) is 0 Å². The molecular formula is C57H58N7O13S+. The molecule has 3 heterocycles. The standard InChI is InChI=1S/C57H57N7O13S/c1-6-64(43-29-19-18-28-41(43)60-54(72)75-35-57(52(70)74-5,38-24-14-9-15-25-38)39-26-16-17-27-40(39)59-55(73)77-56(2,3)4)31-30-62(49(67)50(64)68)53(71)58-34-44(65)61-45-32-42(63-46(66)33-47(63)78-45)51(69)76-48(36-20-10-7-11-21-36)37-22-12-8-13-23-37/h7-29,32,45,47-48H,6,30-31,33-35H2,1-5H3,(H3-,58,59,60,61,65,71,72,73)/p+1/t45-,47+,57?,64?/m1/s1. The summed E-state index contributed by atoms with van der Waals surface area (Å²) in [5, 5.41) is 9.27. The molecule has 4 N–H and O–H groups in total. The van der Waals surface area contributed by atoms with Gasteiger partial charge in [-0.1, -0.05) is 121 Å². The number of quaternary nitrogens is 1. The second-order valence-electron chi connectivity index (χ2n) is 19.3. The molecule has 404 valence electrons. The average Bonchev–Trinajstić information content (AvgIpc) is 3.61. The zero-order chi connectivity index (χ0) is 55.8. The minimum absolute atomic E-state index is 0.0162. The van der Waals surface area contributed by atoms with Crippen LogP contribution < -0.4 is 25.8 Å². The number of fused-ring (bicyclic) bond motifs is 1. The third-order valence-electron chi connectivity index (χ3n) is 13.3. The second-order valence-corrected chi connectivity index (χ2v) is 20.6. The van der Waals surface area contributed by atoms with E-state index in [-0.39, 0.29) is 60.3 Å². The third kappa shape index (κ3) is 11.8. The molecule has 78 heavy (non-hydrogen) atoms. The van der Waals surface area contributed by atoms with Crippen LogP contribution in [0.1, 0.15) is 62.5 Å². The van der Waals surface area contributed by atoms with Crippen LogP contribution in [-0.4, -0.2) is 120 Å². The number of thioether (sulfide) groups is 1. The number of hydrogen-bond acceptors (Lipinski definition) is 14. The number of benzene rings is 5. The number of ether oxygens (including phenoxy) is 4. The van der Waals surface area contributed by atoms with Crippen molar-refractivity contribution in [1.29, 1.82) is 0 Å². The van der Waals surface area contributed by atoms with Crippen molar-refractivity contribution in [1.82, 2.24) is 24.9 Å². The van der Waals surface area contributed by atoms with E-state index in [1.807, 2.05) is 60.7 Å². The number of carbonyl (C=O) groups is 9. The summed E-state index contributed by atoms with van der Waals surface area (Å²) in [5.41, 5.74) is -0.276. The number of anilines is 2. The number of para-hydroxylation sites is 3. The van der Waals surface area contributed by atoms with Crippen molar-refractivity contribution in [2.75, 3.05) is 50.5 Å². The fourth-order valence-electron chi connectivity index (χ4n) is 9.49. The molecule has 20 nitrogen and oxygen atoms in total. The first kappa shape index (κ1) is 55.4. The van der Waals surface area contributed by atoms with E-state index in [2.05, 4.69) is 21.3 Å². The summed E-state index contributed by atoms with van der Waals surface area (Å²) >= 11 is 1.22. The zero-order valence-corrected chi connectivity index (χ0v) is 44.2. The minimum Gasteiger partial charge on any atom is -0.468 e. The molecule has 2 unspecified atom stereocenters. The summed E-state index contributed by atoms with van der Waals surface area (Å²) in [6.45, 7) is 5.13. The van der Waals surface area contributed by atoms with E-state index in [9.17, 15) is 43.2 Å². The maximum atomic E-state index is 14.3. The third-order valence-corrected chi connectivity index (χ3v) is 14.5. The molecular weight excluding hydrogens is 1020 g/mol. The van der Waals surface area contributed by atoms with E-state index < -0.39 is 93.4 Å². The molecule has 8 amide bonds. The number of piperazine rings is 1. The van der Waals surface area contributed by atoms with Crippen molar-refractivity contribution in [3.63, 3.8) is 0 Å². The van der Waals surface area contributed by atoms with Gasteiger partial charge in [0, 0.05) is 17.3 Å². The van der Waals surface area contributed by atoms with Gasteiger partial charge in [-0.05, 0) is 62.6 Å². The molecule has 0 aliphatic carbocycles. The van der Waals surface area contributed by atoms with Crippen LogP contribution in [0.4, 0.5) is 31.4 Å². The lowest BCUT2D eigenvalue weighted by Crippen LogP contribution is -2.69. The largest absolute Gasteiger partial charge is 0.468 e. The smallest absolute Gasteiger partial charge is 0.412 e. The molecule has 2 saturated heterocycles. The number of hydrogen-bond donors (Lipinski definition) is 4. The number of amides is 8. The van der Waals surface area contributed by atoms with Gasteiger partial charge in [0.05, 0.1) is 43.9 Å². The monoisotopic (exact) mass is 1080 g/mol. The number of imide groups is 1. The van der Waals surface area contributed by atoms with E-state index >= 15 is 0 Å². The molecule has 4 atom stereocenters. The SMILES string of the molecule is CC[N+]1(c2ccccc2NC(=O)OCC(C(=O)OC)(c2ccccc2)c2ccccc2NC(=O)OC(C)(C)C)CCN(C(=O)NCC(=O)N[C@H]2C=C(C(=O)OC(c3ccccc3)c3ccccc3)N3C(=O)C[C@@H]3S2)C(=O)C1=O. The second kappa shape index (κ2) is 23.6. The predicted molar refractivity (Wildman–Crippen MR) is 288 cm³/mol. The van der Waals surface area contributed by atoms with Crippen LogP contribution in [0.25, 0.3) is 0 Å². The lowest BCUT2D eigenvalue weighted by atomic mass is 9.74. The molecule has 3 aliphatic heterocycles. The van der Waals surface area contributed by atoms with Crippen molar-refractivity contribution in [2.45, 2.75) is 62.0 Å². The molecule has 0 saturated carbocycles. The summed E-state index contributed by atoms with van der Waals surface area (Å²) < 4.78 is 22.1. The Morgan fingerprint density at radius 2 is 1.35 bits per heavy atom. The zero-order valence-electron chi connectivity index (χ0n) is 43.4. The van der Waals surface area contributed by atoms with Gasteiger partial charge in [-0.15, -0.1) is 11.8 Å². The molecule has 3 aliphatic rings. The molecule has 2 fully saturated rings. The Morgan fingerprint density at radius 3 is 1.96 bits per heavy atom. The van der Waals surface area contributed by atoms with E-state index in [1.54, 1.807) is 100 Å². The summed E-state index contributed by atoms with van der Waals surface area (Å²) in [6.07, 6.45) is -1.11. The number of β-lactam (4-membered cyclic amide) rings is 1. The van der Waals surface area contributed by atoms with Crippen LogP contribution in [0, 0.1) is 0 Å². The highest BCUT2D eigenvalue weighted by molar-refractivity contribution is 8.00. The number of nitrogens with zero attached hydrogens (tertiary/aromatic N) is 3. The lowest BCUT2D eigenvalue weighted by Gasteiger charge is -2.45. The van der Waals surface area contributed by atoms with Crippen LogP contribution in [0.2, 0.25) is 0 Å². The lowest BCUT2D eigenvalue weighted by molar-refractivity contribution is -0.152. The van der Waals surface area contributed by atoms with E-state index in [0.29, 0.717) is 21.6 Å². The van der Waals surface area contributed by atoms with Crippen LogP contribution in [0.15, 0.2) is 151 Å². The molecule has 8 rings (SSSR count). The first-order valence-corrected chi connectivity index (χ1v) is 25.9. The highest BCUT2D eigenvalue weighted by Crippen LogP contribution is 2.42. The number of rotatable bonds is 16. The minimum atomic E-state index is -1.85. The number of carbonyl (C=O) groups excluding carboxylic acids is 9.